The van der Waals surface area contributed by atoms with Gasteiger partial charge in [-0.25, -0.2) is 0 Å². The summed E-state index contributed by atoms with van der Waals surface area (Å²) in [5.41, 5.74) is 1.89. The minimum absolute atomic E-state index is 0.426. The highest BCUT2D eigenvalue weighted by Crippen LogP contribution is 2.30. The van der Waals surface area contributed by atoms with Crippen molar-refractivity contribution in [3.05, 3.63) is 58.9 Å². The summed E-state index contributed by atoms with van der Waals surface area (Å²) in [6.45, 7) is 4.02. The number of carboxylic acid groups (broad SMARTS) is 1. The summed E-state index contributed by atoms with van der Waals surface area (Å²) in [4.78, 5) is 20.4. The molecule has 27 heavy (non-hydrogen) atoms. The number of methoxy groups -OCH3 is 1. The number of aliphatic carboxylic acids is 1. The van der Waals surface area contributed by atoms with Crippen LogP contribution in [0.2, 0.25) is 5.02 Å². The number of hydrogen-bond acceptors (Lipinski definition) is 5. The fraction of sp³-hybridized carbons (Fsp3) is 0.400. The molecule has 0 radical (unpaired) electrons. The Hall–Kier alpha value is -2.15. The average Bonchev–Trinajstić information content (AvgIpc) is 2.88. The van der Waals surface area contributed by atoms with Crippen LogP contribution in [-0.2, 0) is 11.3 Å². The number of rotatable bonds is 6. The summed E-state index contributed by atoms with van der Waals surface area (Å²) in [6, 6.07) is 8.52. The lowest BCUT2D eigenvalue weighted by Gasteiger charge is -2.28. The van der Waals surface area contributed by atoms with Crippen molar-refractivity contribution in [1.82, 2.24) is 14.8 Å². The van der Waals surface area contributed by atoms with E-state index in [1.54, 1.807) is 37.7 Å². The van der Waals surface area contributed by atoms with Gasteiger partial charge in [0.25, 0.3) is 0 Å². The second-order valence-corrected chi connectivity index (χ2v) is 7.06. The van der Waals surface area contributed by atoms with Crippen LogP contribution in [0.15, 0.2) is 42.7 Å². The van der Waals surface area contributed by atoms with Gasteiger partial charge < -0.3 is 9.84 Å². The van der Waals surface area contributed by atoms with Crippen LogP contribution in [0.5, 0.6) is 5.75 Å². The van der Waals surface area contributed by atoms with Crippen LogP contribution >= 0.6 is 11.6 Å². The van der Waals surface area contributed by atoms with Crippen molar-refractivity contribution in [3.8, 4) is 5.75 Å². The maximum Gasteiger partial charge on any atom is 0.325 e. The molecule has 2 heterocycles. The number of carboxylic acids is 1. The van der Waals surface area contributed by atoms with Crippen LogP contribution in [0.25, 0.3) is 0 Å². The van der Waals surface area contributed by atoms with Gasteiger partial charge in [0.15, 0.2) is 0 Å². The summed E-state index contributed by atoms with van der Waals surface area (Å²) in [5.74, 6) is -0.317. The molecule has 0 saturated carbocycles. The summed E-state index contributed by atoms with van der Waals surface area (Å²) in [7, 11) is 1.54. The van der Waals surface area contributed by atoms with Crippen molar-refractivity contribution in [2.45, 2.75) is 19.0 Å². The molecule has 1 saturated heterocycles. The van der Waals surface area contributed by atoms with Gasteiger partial charge >= 0.3 is 5.97 Å². The molecule has 1 aromatic carbocycles. The molecule has 0 amide bonds. The number of benzene rings is 1. The molecule has 1 atom stereocenters. The van der Waals surface area contributed by atoms with E-state index < -0.39 is 12.0 Å². The maximum atomic E-state index is 12.0. The van der Waals surface area contributed by atoms with Gasteiger partial charge in [0.1, 0.15) is 11.8 Å². The number of aromatic nitrogens is 1. The van der Waals surface area contributed by atoms with Crippen molar-refractivity contribution in [1.29, 1.82) is 0 Å². The lowest BCUT2D eigenvalue weighted by atomic mass is 10.0. The van der Waals surface area contributed by atoms with Crippen molar-refractivity contribution in [2.75, 3.05) is 33.3 Å². The molecule has 1 aromatic heterocycles. The molecule has 0 aliphatic carbocycles. The van der Waals surface area contributed by atoms with E-state index >= 15 is 0 Å². The zero-order valence-corrected chi connectivity index (χ0v) is 16.1. The van der Waals surface area contributed by atoms with Crippen LogP contribution in [0.1, 0.15) is 23.6 Å². The quantitative estimate of drug-likeness (QED) is 0.819. The molecule has 1 fully saturated rings. The second-order valence-electron chi connectivity index (χ2n) is 6.66. The third-order valence-corrected chi connectivity index (χ3v) is 5.16. The average molecular weight is 390 g/mol. The minimum Gasteiger partial charge on any atom is -0.495 e. The summed E-state index contributed by atoms with van der Waals surface area (Å²) in [6.07, 6.45) is 4.51. The van der Waals surface area contributed by atoms with Crippen LogP contribution in [0.3, 0.4) is 0 Å². The number of hydrogen-bond donors (Lipinski definition) is 1. The molecule has 0 bridgehead atoms. The number of ether oxygens (including phenoxy) is 1. The molecule has 7 heteroatoms. The number of halogens is 1. The molecule has 1 N–H and O–H groups in total. The van der Waals surface area contributed by atoms with Crippen molar-refractivity contribution in [2.24, 2.45) is 0 Å². The normalized spacial score (nSPS) is 17.3. The first kappa shape index (κ1) is 19.6. The van der Waals surface area contributed by atoms with Crippen molar-refractivity contribution in [3.63, 3.8) is 0 Å². The Morgan fingerprint density at radius 2 is 2.00 bits per heavy atom. The largest absolute Gasteiger partial charge is 0.495 e. The predicted molar refractivity (Wildman–Crippen MR) is 104 cm³/mol. The molecule has 144 valence electrons. The molecule has 0 spiro atoms. The Bertz CT molecular complexity index is 772. The smallest absolute Gasteiger partial charge is 0.325 e. The molecular formula is C20H24ClN3O3. The monoisotopic (exact) mass is 389 g/mol. The van der Waals surface area contributed by atoms with Crippen molar-refractivity contribution < 1.29 is 14.6 Å². The Morgan fingerprint density at radius 1 is 1.22 bits per heavy atom. The van der Waals surface area contributed by atoms with Gasteiger partial charge in [0, 0.05) is 38.6 Å². The Kier molecular flexibility index (Phi) is 6.66. The lowest BCUT2D eigenvalue weighted by Crippen LogP contribution is -2.37. The standard InChI is InChI=1S/C20H24ClN3O3/c1-27-18-4-3-16(13-17(18)21)19(20(25)26)24-10-2-9-23(11-12-24)14-15-5-7-22-8-6-15/h3-8,13,19H,2,9-12,14H2,1H3,(H,25,26)/t19-/m1/s1. The van der Waals surface area contributed by atoms with Crippen LogP contribution < -0.4 is 4.74 Å². The summed E-state index contributed by atoms with van der Waals surface area (Å²) in [5, 5.41) is 10.3. The number of carbonyl (C=O) groups is 1. The summed E-state index contributed by atoms with van der Waals surface area (Å²) >= 11 is 6.21. The molecule has 6 nitrogen and oxygen atoms in total. The zero-order valence-electron chi connectivity index (χ0n) is 15.3. The van der Waals surface area contributed by atoms with Gasteiger partial charge in [-0.2, -0.15) is 0 Å². The molecule has 2 aromatic rings. The van der Waals surface area contributed by atoms with E-state index in [-0.39, 0.29) is 0 Å². The van der Waals surface area contributed by atoms with E-state index in [1.165, 1.54) is 5.56 Å². The van der Waals surface area contributed by atoms with Crippen molar-refractivity contribution >= 4 is 17.6 Å². The van der Waals surface area contributed by atoms with Gasteiger partial charge in [-0.05, 0) is 48.4 Å². The first-order chi connectivity index (χ1) is 13.1. The van der Waals surface area contributed by atoms with E-state index in [4.69, 9.17) is 16.3 Å². The maximum absolute atomic E-state index is 12.0. The van der Waals surface area contributed by atoms with Gasteiger partial charge in [-0.3, -0.25) is 19.6 Å². The van der Waals surface area contributed by atoms with E-state index in [0.29, 0.717) is 22.9 Å². The fourth-order valence-corrected chi connectivity index (χ4v) is 3.78. The molecule has 3 rings (SSSR count). The topological polar surface area (TPSA) is 65.9 Å². The highest BCUT2D eigenvalue weighted by atomic mass is 35.5. The molecular weight excluding hydrogens is 366 g/mol. The highest BCUT2D eigenvalue weighted by molar-refractivity contribution is 6.32. The minimum atomic E-state index is -0.862. The van der Waals surface area contributed by atoms with Crippen LogP contribution in [-0.4, -0.2) is 59.1 Å². The van der Waals surface area contributed by atoms with E-state index in [0.717, 1.165) is 32.6 Å². The first-order valence-electron chi connectivity index (χ1n) is 9.00. The van der Waals surface area contributed by atoms with Gasteiger partial charge in [0.2, 0.25) is 0 Å². The molecule has 1 aliphatic rings. The predicted octanol–water partition coefficient (Wildman–Crippen LogP) is 3.08. The van der Waals surface area contributed by atoms with Crippen LogP contribution in [0.4, 0.5) is 0 Å². The molecule has 1 aliphatic heterocycles. The molecule has 0 unspecified atom stereocenters. The van der Waals surface area contributed by atoms with E-state index in [9.17, 15) is 9.90 Å². The fourth-order valence-electron chi connectivity index (χ4n) is 3.52. The summed E-state index contributed by atoms with van der Waals surface area (Å²) < 4.78 is 5.17. The zero-order chi connectivity index (χ0) is 19.2. The third-order valence-electron chi connectivity index (χ3n) is 4.87. The van der Waals surface area contributed by atoms with Crippen LogP contribution in [0, 0.1) is 0 Å². The van der Waals surface area contributed by atoms with E-state index in [1.807, 2.05) is 17.0 Å². The Labute approximate surface area is 164 Å². The number of pyridine rings is 1. The van der Waals surface area contributed by atoms with Gasteiger partial charge in [0.05, 0.1) is 12.1 Å². The SMILES string of the molecule is COc1ccc([C@H](C(=O)O)N2CCCN(Cc3ccncc3)CC2)cc1Cl. The Morgan fingerprint density at radius 3 is 2.67 bits per heavy atom. The lowest BCUT2D eigenvalue weighted by molar-refractivity contribution is -0.143. The van der Waals surface area contributed by atoms with Gasteiger partial charge in [-0.15, -0.1) is 0 Å². The Balaban J connectivity index is 1.71. The second kappa shape index (κ2) is 9.17. The van der Waals surface area contributed by atoms with Gasteiger partial charge in [-0.1, -0.05) is 17.7 Å². The van der Waals surface area contributed by atoms with E-state index in [2.05, 4.69) is 9.88 Å². The third kappa shape index (κ3) is 4.97. The number of nitrogens with zero attached hydrogens (tertiary/aromatic N) is 3. The highest BCUT2D eigenvalue weighted by Gasteiger charge is 2.29. The first-order valence-corrected chi connectivity index (χ1v) is 9.38.